The van der Waals surface area contributed by atoms with E-state index in [1.54, 1.807) is 48.5 Å². The average molecular weight is 463 g/mol. The summed E-state index contributed by atoms with van der Waals surface area (Å²) in [5, 5.41) is 6.23. The third-order valence-corrected chi connectivity index (χ3v) is 4.39. The summed E-state index contributed by atoms with van der Waals surface area (Å²) in [5.41, 5.74) is 2.05. The summed E-state index contributed by atoms with van der Waals surface area (Å²) >= 11 is 41.1. The molecule has 0 atom stereocenters. The molecule has 0 heterocycles. The molecule has 2 N–H and O–H groups in total. The van der Waals surface area contributed by atoms with E-state index < -0.39 is 7.59 Å². The molecule has 2 rings (SSSR count). The van der Waals surface area contributed by atoms with Crippen molar-refractivity contribution >= 4 is 98.3 Å². The number of nitrogens with one attached hydrogen (secondary N) is 2. The molecule has 2 aromatic rings. The van der Waals surface area contributed by atoms with E-state index in [0.29, 0.717) is 22.5 Å². The number of hydrogen-bond donors (Lipinski definition) is 2. The third-order valence-electron chi connectivity index (χ3n) is 2.96. The fourth-order valence-electron chi connectivity index (χ4n) is 1.95. The van der Waals surface area contributed by atoms with E-state index in [1.165, 1.54) is 0 Å². The van der Waals surface area contributed by atoms with Gasteiger partial charge in [-0.2, -0.15) is 0 Å². The molecule has 0 saturated heterocycles. The number of halogens is 6. The Morgan fingerprint density at radius 3 is 1.33 bits per heavy atom. The lowest BCUT2D eigenvalue weighted by Crippen LogP contribution is -2.22. The smallest absolute Gasteiger partial charge is 0.218 e. The van der Waals surface area contributed by atoms with Crippen LogP contribution < -0.4 is 10.6 Å². The van der Waals surface area contributed by atoms with E-state index in [-0.39, 0.29) is 5.11 Å². The first-order valence-electron chi connectivity index (χ1n) is 6.49. The molecular weight excluding hydrogens is 453 g/mol. The number of rotatable bonds is 2. The second-order valence-electron chi connectivity index (χ2n) is 4.67. The zero-order chi connectivity index (χ0) is 18.0. The molecule has 0 radical (unpaired) electrons. The Labute approximate surface area is 175 Å². The van der Waals surface area contributed by atoms with Crippen LogP contribution in [-0.4, -0.2) is 5.11 Å². The summed E-state index contributed by atoms with van der Waals surface area (Å²) in [6.07, 6.45) is 0. The number of para-hydroxylation sites is 2. The van der Waals surface area contributed by atoms with Gasteiger partial charge in [0.25, 0.3) is 0 Å². The maximum atomic E-state index is 5.97. The Morgan fingerprint density at radius 2 is 1.00 bits per heavy atom. The fourth-order valence-corrected chi connectivity index (χ4v) is 3.16. The van der Waals surface area contributed by atoms with Crippen molar-refractivity contribution in [1.29, 1.82) is 0 Å². The van der Waals surface area contributed by atoms with Crippen molar-refractivity contribution in [3.05, 3.63) is 59.7 Å². The standard InChI is InChI=1S/C15H10Cl6N2S/c16-14(17,18)9-5-1-3-7-11(9)22-13(24)23-12-8-4-2-6-10(12)15(19,20)21/h1-8H,(H2,22,23,24). The molecule has 0 spiro atoms. The first-order valence-corrected chi connectivity index (χ1v) is 9.17. The van der Waals surface area contributed by atoms with Gasteiger partial charge in [0.2, 0.25) is 7.59 Å². The highest BCUT2D eigenvalue weighted by Gasteiger charge is 2.27. The van der Waals surface area contributed by atoms with Crippen molar-refractivity contribution in [2.24, 2.45) is 0 Å². The largest absolute Gasteiger partial charge is 0.332 e. The summed E-state index contributed by atoms with van der Waals surface area (Å²) in [6.45, 7) is 0. The van der Waals surface area contributed by atoms with Gasteiger partial charge < -0.3 is 10.6 Å². The van der Waals surface area contributed by atoms with Crippen LogP contribution in [0.1, 0.15) is 11.1 Å². The number of anilines is 2. The molecule has 2 nitrogen and oxygen atoms in total. The predicted molar refractivity (Wildman–Crippen MR) is 111 cm³/mol. The fraction of sp³-hybridized carbons (Fsp3) is 0.133. The van der Waals surface area contributed by atoms with Crippen LogP contribution in [0.3, 0.4) is 0 Å². The second-order valence-corrected chi connectivity index (χ2v) is 9.64. The molecule has 2 aromatic carbocycles. The lowest BCUT2D eigenvalue weighted by atomic mass is 10.2. The lowest BCUT2D eigenvalue weighted by molar-refractivity contribution is 1.24. The molecule has 0 aliphatic carbocycles. The van der Waals surface area contributed by atoms with Gasteiger partial charge in [-0.05, 0) is 24.4 Å². The van der Waals surface area contributed by atoms with Crippen molar-refractivity contribution < 1.29 is 0 Å². The Balaban J connectivity index is 2.22. The molecule has 0 aromatic heterocycles. The molecule has 0 aliphatic rings. The van der Waals surface area contributed by atoms with Gasteiger partial charge in [0.05, 0.1) is 0 Å². The zero-order valence-electron chi connectivity index (χ0n) is 11.8. The minimum absolute atomic E-state index is 0.262. The van der Waals surface area contributed by atoms with Gasteiger partial charge in [0.1, 0.15) is 0 Å². The van der Waals surface area contributed by atoms with Gasteiger partial charge >= 0.3 is 0 Å². The van der Waals surface area contributed by atoms with Crippen molar-refractivity contribution in [3.63, 3.8) is 0 Å². The minimum atomic E-state index is -1.59. The van der Waals surface area contributed by atoms with Crippen molar-refractivity contribution in [2.75, 3.05) is 10.6 Å². The minimum Gasteiger partial charge on any atom is -0.332 e. The number of benzene rings is 2. The van der Waals surface area contributed by atoms with Crippen LogP contribution in [0.5, 0.6) is 0 Å². The van der Waals surface area contributed by atoms with Crippen LogP contribution in [-0.2, 0) is 7.59 Å². The molecule has 0 unspecified atom stereocenters. The molecule has 24 heavy (non-hydrogen) atoms. The van der Waals surface area contributed by atoms with E-state index >= 15 is 0 Å². The van der Waals surface area contributed by atoms with Gasteiger partial charge in [-0.3, -0.25) is 0 Å². The molecule has 9 heteroatoms. The average Bonchev–Trinajstić information content (AvgIpc) is 2.46. The topological polar surface area (TPSA) is 24.1 Å². The highest BCUT2D eigenvalue weighted by Crippen LogP contribution is 2.43. The Hall–Kier alpha value is -0.130. The summed E-state index contributed by atoms with van der Waals surface area (Å²) in [4.78, 5) is 0. The number of hydrogen-bond acceptors (Lipinski definition) is 1. The van der Waals surface area contributed by atoms with Crippen LogP contribution >= 0.6 is 81.8 Å². The Kier molecular flexibility index (Phi) is 6.77. The number of alkyl halides is 6. The molecule has 128 valence electrons. The summed E-state index contributed by atoms with van der Waals surface area (Å²) in [7, 11) is 0. The summed E-state index contributed by atoms with van der Waals surface area (Å²) < 4.78 is -3.18. The third kappa shape index (κ3) is 5.43. The van der Waals surface area contributed by atoms with Crippen molar-refractivity contribution in [1.82, 2.24) is 0 Å². The van der Waals surface area contributed by atoms with Crippen LogP contribution in [0.4, 0.5) is 11.4 Å². The highest BCUT2D eigenvalue weighted by molar-refractivity contribution is 7.80. The van der Waals surface area contributed by atoms with E-state index in [0.717, 1.165) is 0 Å². The molecule has 0 aliphatic heterocycles. The molecule has 0 saturated carbocycles. The summed E-state index contributed by atoms with van der Waals surface area (Å²) in [5.74, 6) is 0. The Bertz CT molecular complexity index is 678. The predicted octanol–water partition coefficient (Wildman–Crippen LogP) is 7.15. The van der Waals surface area contributed by atoms with Gasteiger partial charge in [-0.15, -0.1) is 0 Å². The maximum absolute atomic E-state index is 5.97. The van der Waals surface area contributed by atoms with Gasteiger partial charge in [0.15, 0.2) is 5.11 Å². The van der Waals surface area contributed by atoms with E-state index in [1.807, 2.05) is 0 Å². The quantitative estimate of drug-likeness (QED) is 0.366. The Morgan fingerprint density at radius 1 is 0.667 bits per heavy atom. The van der Waals surface area contributed by atoms with E-state index in [2.05, 4.69) is 10.6 Å². The normalized spacial score (nSPS) is 11.9. The van der Waals surface area contributed by atoms with Gasteiger partial charge in [-0.1, -0.05) is 106 Å². The van der Waals surface area contributed by atoms with Crippen LogP contribution in [0.2, 0.25) is 0 Å². The first kappa shape index (κ1) is 20.2. The monoisotopic (exact) mass is 460 g/mol. The molecule has 0 fully saturated rings. The van der Waals surface area contributed by atoms with E-state index in [9.17, 15) is 0 Å². The molecule has 0 bridgehead atoms. The van der Waals surface area contributed by atoms with Crippen molar-refractivity contribution in [3.8, 4) is 0 Å². The van der Waals surface area contributed by atoms with Gasteiger partial charge in [0, 0.05) is 22.5 Å². The zero-order valence-corrected chi connectivity index (χ0v) is 17.1. The van der Waals surface area contributed by atoms with Crippen LogP contribution in [0.25, 0.3) is 0 Å². The highest BCUT2D eigenvalue weighted by atomic mass is 35.6. The summed E-state index contributed by atoms with van der Waals surface area (Å²) in [6, 6.07) is 14.0. The van der Waals surface area contributed by atoms with Crippen LogP contribution in [0.15, 0.2) is 48.5 Å². The van der Waals surface area contributed by atoms with Crippen molar-refractivity contribution in [2.45, 2.75) is 7.59 Å². The maximum Gasteiger partial charge on any atom is 0.218 e. The SMILES string of the molecule is S=C(Nc1ccccc1C(Cl)(Cl)Cl)Nc1ccccc1C(Cl)(Cl)Cl. The first-order chi connectivity index (χ1) is 11.1. The molecule has 0 amide bonds. The lowest BCUT2D eigenvalue weighted by Gasteiger charge is -2.20. The number of thiocarbonyl (C=S) groups is 1. The van der Waals surface area contributed by atoms with Crippen LogP contribution in [0, 0.1) is 0 Å². The second kappa shape index (κ2) is 8.05. The van der Waals surface area contributed by atoms with Gasteiger partial charge in [-0.25, -0.2) is 0 Å². The molecular formula is C15H10Cl6N2S. The van der Waals surface area contributed by atoms with E-state index in [4.69, 9.17) is 81.8 Å².